The van der Waals surface area contributed by atoms with Crippen molar-refractivity contribution in [3.05, 3.63) is 17.8 Å². The normalized spacial score (nSPS) is 23.7. The largest absolute Gasteiger partial charge is 0.496 e. The molecule has 2 aliphatic heterocycles. The van der Waals surface area contributed by atoms with Gasteiger partial charge in [-0.05, 0) is 54.5 Å². The van der Waals surface area contributed by atoms with Crippen LogP contribution in [0.2, 0.25) is 0 Å². The Kier molecular flexibility index (Phi) is 6.41. The van der Waals surface area contributed by atoms with Crippen LogP contribution in [0.25, 0.3) is 0 Å². The zero-order chi connectivity index (χ0) is 24.8. The molecule has 11 heteroatoms. The van der Waals surface area contributed by atoms with Crippen LogP contribution in [0.15, 0.2) is 12.3 Å². The van der Waals surface area contributed by atoms with Crippen molar-refractivity contribution in [3.63, 3.8) is 0 Å². The van der Waals surface area contributed by atoms with Crippen LogP contribution < -0.4 is 10.2 Å². The lowest BCUT2D eigenvalue weighted by molar-refractivity contribution is -0.138. The number of nitriles is 1. The van der Waals surface area contributed by atoms with Gasteiger partial charge in [0.15, 0.2) is 6.10 Å². The molecule has 0 radical (unpaired) electrons. The van der Waals surface area contributed by atoms with Crippen LogP contribution in [0.5, 0.6) is 5.88 Å². The summed E-state index contributed by atoms with van der Waals surface area (Å²) in [6, 6.07) is 3.41. The van der Waals surface area contributed by atoms with E-state index in [0.29, 0.717) is 5.46 Å². The number of pyridine rings is 1. The SMILES string of the molecule is CC(C)(C)OC(=O)N1CCC(Oc2ncc(B3OC(C)(C)C(C)(C)O3)cc2C#N)C(F)(F)C1. The molecule has 33 heavy (non-hydrogen) atoms. The van der Waals surface area contributed by atoms with Crippen molar-refractivity contribution in [2.75, 3.05) is 13.1 Å². The molecule has 0 aliphatic carbocycles. The van der Waals surface area contributed by atoms with Crippen molar-refractivity contribution >= 4 is 18.7 Å². The first-order valence-corrected chi connectivity index (χ1v) is 10.8. The average molecular weight is 465 g/mol. The minimum absolute atomic E-state index is 0.00687. The molecule has 0 saturated carbocycles. The van der Waals surface area contributed by atoms with Gasteiger partial charge in [-0.25, -0.2) is 18.6 Å². The van der Waals surface area contributed by atoms with Crippen LogP contribution in [-0.4, -0.2) is 65.0 Å². The van der Waals surface area contributed by atoms with E-state index in [9.17, 15) is 18.8 Å². The summed E-state index contributed by atoms with van der Waals surface area (Å²) < 4.78 is 52.2. The van der Waals surface area contributed by atoms with E-state index in [0.717, 1.165) is 4.90 Å². The summed E-state index contributed by atoms with van der Waals surface area (Å²) in [5.74, 6) is -3.55. The fraction of sp³-hybridized carbons (Fsp3) is 0.682. The third kappa shape index (κ3) is 5.38. The van der Waals surface area contributed by atoms with Gasteiger partial charge in [0.25, 0.3) is 0 Å². The van der Waals surface area contributed by atoms with Gasteiger partial charge in [-0.1, -0.05) is 0 Å². The third-order valence-electron chi connectivity index (χ3n) is 5.96. The lowest BCUT2D eigenvalue weighted by Crippen LogP contribution is -2.56. The number of alkyl halides is 2. The van der Waals surface area contributed by atoms with Gasteiger partial charge in [-0.2, -0.15) is 5.26 Å². The van der Waals surface area contributed by atoms with Crippen LogP contribution in [-0.2, 0) is 14.0 Å². The number of hydrogen-bond acceptors (Lipinski definition) is 7. The van der Waals surface area contributed by atoms with Crippen LogP contribution in [0.1, 0.15) is 60.5 Å². The topological polar surface area (TPSA) is 93.9 Å². The highest BCUT2D eigenvalue weighted by Crippen LogP contribution is 2.37. The van der Waals surface area contributed by atoms with E-state index in [2.05, 4.69) is 4.98 Å². The Morgan fingerprint density at radius 3 is 2.39 bits per heavy atom. The van der Waals surface area contributed by atoms with Gasteiger partial charge in [0.05, 0.1) is 17.7 Å². The summed E-state index contributed by atoms with van der Waals surface area (Å²) >= 11 is 0. The van der Waals surface area contributed by atoms with E-state index in [-0.39, 0.29) is 24.4 Å². The standard InChI is InChI=1S/C22H30BF2N3O5/c1-19(2,3)31-18(29)28-9-8-16(22(24,25)13-28)30-17-14(11-26)10-15(12-27-17)23-32-20(4,5)21(6,7)33-23/h10,12,16H,8-9,13H2,1-7H3. The van der Waals surface area contributed by atoms with Gasteiger partial charge < -0.3 is 23.7 Å². The number of amides is 1. The van der Waals surface area contributed by atoms with Crippen molar-refractivity contribution in [2.45, 2.75) is 83.7 Å². The molecule has 3 rings (SSSR count). The van der Waals surface area contributed by atoms with Crippen LogP contribution in [0, 0.1) is 11.3 Å². The molecule has 0 aromatic carbocycles. The Labute approximate surface area is 193 Å². The number of hydrogen-bond donors (Lipinski definition) is 0. The molecule has 1 aromatic heterocycles. The number of nitrogens with zero attached hydrogens (tertiary/aromatic N) is 3. The van der Waals surface area contributed by atoms with E-state index in [1.807, 2.05) is 33.8 Å². The number of ether oxygens (including phenoxy) is 2. The number of piperidine rings is 1. The second kappa shape index (κ2) is 8.40. The molecule has 1 atom stereocenters. The van der Waals surface area contributed by atoms with E-state index >= 15 is 0 Å². The lowest BCUT2D eigenvalue weighted by atomic mass is 9.80. The predicted molar refractivity (Wildman–Crippen MR) is 116 cm³/mol. The minimum atomic E-state index is -3.35. The first kappa shape index (κ1) is 25.2. The van der Waals surface area contributed by atoms with Crippen molar-refractivity contribution < 1.29 is 32.4 Å². The van der Waals surface area contributed by atoms with E-state index in [1.54, 1.807) is 20.8 Å². The van der Waals surface area contributed by atoms with Gasteiger partial charge in [-0.3, -0.25) is 0 Å². The van der Waals surface area contributed by atoms with Gasteiger partial charge in [0.2, 0.25) is 5.88 Å². The lowest BCUT2D eigenvalue weighted by Gasteiger charge is -2.38. The van der Waals surface area contributed by atoms with Gasteiger partial charge in [-0.15, -0.1) is 0 Å². The highest BCUT2D eigenvalue weighted by molar-refractivity contribution is 6.62. The highest BCUT2D eigenvalue weighted by atomic mass is 19.3. The van der Waals surface area contributed by atoms with Crippen LogP contribution in [0.4, 0.5) is 13.6 Å². The number of carbonyl (C=O) groups excluding carboxylic acids is 1. The quantitative estimate of drug-likeness (QED) is 0.633. The van der Waals surface area contributed by atoms with Gasteiger partial charge >= 0.3 is 19.1 Å². The summed E-state index contributed by atoms with van der Waals surface area (Å²) in [5, 5.41) is 9.57. The number of halogens is 2. The fourth-order valence-electron chi connectivity index (χ4n) is 3.43. The van der Waals surface area contributed by atoms with E-state index in [4.69, 9.17) is 18.8 Å². The maximum absolute atomic E-state index is 14.8. The predicted octanol–water partition coefficient (Wildman–Crippen LogP) is 3.28. The van der Waals surface area contributed by atoms with E-state index in [1.165, 1.54) is 12.3 Å². The number of carbonyl (C=O) groups is 1. The zero-order valence-corrected chi connectivity index (χ0v) is 20.1. The van der Waals surface area contributed by atoms with Crippen LogP contribution >= 0.6 is 0 Å². The summed E-state index contributed by atoms with van der Waals surface area (Å²) in [4.78, 5) is 17.2. The molecular formula is C22H30BF2N3O5. The fourth-order valence-corrected chi connectivity index (χ4v) is 3.43. The van der Waals surface area contributed by atoms with Crippen LogP contribution in [0.3, 0.4) is 0 Å². The Balaban J connectivity index is 1.72. The van der Waals surface area contributed by atoms with Crippen molar-refractivity contribution in [3.8, 4) is 11.9 Å². The van der Waals surface area contributed by atoms with Gasteiger partial charge in [0, 0.05) is 24.6 Å². The van der Waals surface area contributed by atoms with Crippen molar-refractivity contribution in [2.24, 2.45) is 0 Å². The summed E-state index contributed by atoms with van der Waals surface area (Å²) in [6.07, 6.45) is -1.09. The second-order valence-electron chi connectivity index (χ2n) is 10.4. The molecule has 2 aliphatic rings. The smallest absolute Gasteiger partial charge is 0.467 e. The second-order valence-corrected chi connectivity index (χ2v) is 10.4. The molecule has 0 spiro atoms. The monoisotopic (exact) mass is 465 g/mol. The molecule has 2 fully saturated rings. The van der Waals surface area contributed by atoms with Gasteiger partial charge in [0.1, 0.15) is 17.2 Å². The Morgan fingerprint density at radius 2 is 1.88 bits per heavy atom. The highest BCUT2D eigenvalue weighted by Gasteiger charge is 2.52. The molecule has 1 aromatic rings. The molecule has 1 amide bonds. The third-order valence-corrected chi connectivity index (χ3v) is 5.96. The molecule has 0 bridgehead atoms. The Bertz CT molecular complexity index is 942. The summed E-state index contributed by atoms with van der Waals surface area (Å²) in [5.41, 5.74) is -1.46. The molecule has 8 nitrogen and oxygen atoms in total. The first-order valence-electron chi connectivity index (χ1n) is 10.8. The molecule has 2 saturated heterocycles. The molecule has 1 unspecified atom stereocenters. The molecular weight excluding hydrogens is 435 g/mol. The first-order chi connectivity index (χ1) is 15.0. The average Bonchev–Trinajstić information content (AvgIpc) is 2.89. The summed E-state index contributed by atoms with van der Waals surface area (Å²) in [6.45, 7) is 11.8. The van der Waals surface area contributed by atoms with Crippen molar-refractivity contribution in [1.82, 2.24) is 9.88 Å². The minimum Gasteiger partial charge on any atom is -0.467 e. The molecule has 3 heterocycles. The summed E-state index contributed by atoms with van der Waals surface area (Å²) in [7, 11) is -0.748. The molecule has 0 N–H and O–H groups in total. The maximum Gasteiger partial charge on any atom is 0.496 e. The number of aromatic nitrogens is 1. The van der Waals surface area contributed by atoms with Crippen molar-refractivity contribution in [1.29, 1.82) is 5.26 Å². The Morgan fingerprint density at radius 1 is 1.27 bits per heavy atom. The van der Waals surface area contributed by atoms with E-state index < -0.39 is 48.6 Å². The zero-order valence-electron chi connectivity index (χ0n) is 20.1. The number of rotatable bonds is 3. The maximum atomic E-state index is 14.8. The molecule has 180 valence electrons. The number of likely N-dealkylation sites (tertiary alicyclic amines) is 1. The Hall–Kier alpha value is -2.45.